The summed E-state index contributed by atoms with van der Waals surface area (Å²) >= 11 is 0. The lowest BCUT2D eigenvalue weighted by Gasteiger charge is -2.39. The lowest BCUT2D eigenvalue weighted by atomic mass is 9.78. The van der Waals surface area contributed by atoms with E-state index in [1.165, 1.54) is 17.7 Å². The maximum atomic E-state index is 13.1. The van der Waals surface area contributed by atoms with E-state index in [0.717, 1.165) is 57.1 Å². The standard InChI is InChI=1S/C20H29N3O3/c1-21(2)18(24)17-7-6-16(26-17)13-22-11-9-20(14-22)8-3-10-23(19(20)25)12-15-4-5-15/h6-7,15H,3-5,8-14H2,1-2H3. The normalized spacial score (nSPS) is 26.7. The van der Waals surface area contributed by atoms with Crippen molar-refractivity contribution in [1.29, 1.82) is 0 Å². The molecular weight excluding hydrogens is 330 g/mol. The van der Waals surface area contributed by atoms with E-state index < -0.39 is 0 Å². The number of amides is 2. The summed E-state index contributed by atoms with van der Waals surface area (Å²) in [5.74, 6) is 2.18. The van der Waals surface area contributed by atoms with Gasteiger partial charge in [0, 0.05) is 33.7 Å². The van der Waals surface area contributed by atoms with Crippen molar-refractivity contribution in [2.75, 3.05) is 40.3 Å². The van der Waals surface area contributed by atoms with Gasteiger partial charge in [0.05, 0.1) is 12.0 Å². The summed E-state index contributed by atoms with van der Waals surface area (Å²) in [6.45, 7) is 4.30. The van der Waals surface area contributed by atoms with Gasteiger partial charge in [-0.15, -0.1) is 0 Å². The Morgan fingerprint density at radius 3 is 2.81 bits per heavy atom. The van der Waals surface area contributed by atoms with E-state index in [4.69, 9.17) is 4.42 Å². The minimum atomic E-state index is -0.192. The number of likely N-dealkylation sites (tertiary alicyclic amines) is 2. The molecule has 0 aromatic carbocycles. The second-order valence-electron chi connectivity index (χ2n) is 8.50. The number of carbonyl (C=O) groups excluding carboxylic acids is 2. The first-order chi connectivity index (χ1) is 12.5. The first-order valence-electron chi connectivity index (χ1n) is 9.79. The molecule has 6 nitrogen and oxygen atoms in total. The number of carbonyl (C=O) groups is 2. The van der Waals surface area contributed by atoms with E-state index in [2.05, 4.69) is 9.80 Å². The van der Waals surface area contributed by atoms with Crippen molar-refractivity contribution >= 4 is 11.8 Å². The lowest BCUT2D eigenvalue weighted by molar-refractivity contribution is -0.146. The first-order valence-corrected chi connectivity index (χ1v) is 9.79. The summed E-state index contributed by atoms with van der Waals surface area (Å²) in [6.07, 6.45) is 5.64. The molecule has 2 amide bonds. The number of rotatable bonds is 5. The number of nitrogens with zero attached hydrogens (tertiary/aromatic N) is 3. The minimum absolute atomic E-state index is 0.118. The van der Waals surface area contributed by atoms with Gasteiger partial charge in [-0.05, 0) is 56.7 Å². The van der Waals surface area contributed by atoms with Gasteiger partial charge in [0.15, 0.2) is 5.76 Å². The summed E-state index contributed by atoms with van der Waals surface area (Å²) in [5.41, 5.74) is -0.192. The number of furan rings is 1. The van der Waals surface area contributed by atoms with Crippen LogP contribution < -0.4 is 0 Å². The molecule has 1 aromatic heterocycles. The molecule has 1 saturated carbocycles. The van der Waals surface area contributed by atoms with Gasteiger partial charge in [-0.3, -0.25) is 14.5 Å². The van der Waals surface area contributed by atoms with Crippen molar-refractivity contribution in [1.82, 2.24) is 14.7 Å². The van der Waals surface area contributed by atoms with Crippen molar-refractivity contribution in [3.05, 3.63) is 23.7 Å². The van der Waals surface area contributed by atoms with Crippen molar-refractivity contribution in [3.8, 4) is 0 Å². The molecule has 0 bridgehead atoms. The molecule has 0 N–H and O–H groups in total. The third-order valence-electron chi connectivity index (χ3n) is 6.09. The van der Waals surface area contributed by atoms with Crippen LogP contribution in [-0.2, 0) is 11.3 Å². The van der Waals surface area contributed by atoms with Crippen LogP contribution >= 0.6 is 0 Å². The quantitative estimate of drug-likeness (QED) is 0.809. The molecule has 3 fully saturated rings. The topological polar surface area (TPSA) is 57.0 Å². The summed E-state index contributed by atoms with van der Waals surface area (Å²) in [4.78, 5) is 31.0. The maximum absolute atomic E-state index is 13.1. The molecular formula is C20H29N3O3. The molecule has 0 radical (unpaired) electrons. The predicted molar refractivity (Wildman–Crippen MR) is 97.6 cm³/mol. The molecule has 26 heavy (non-hydrogen) atoms. The van der Waals surface area contributed by atoms with Gasteiger partial charge in [0.1, 0.15) is 5.76 Å². The monoisotopic (exact) mass is 359 g/mol. The Morgan fingerprint density at radius 2 is 2.08 bits per heavy atom. The Kier molecular flexibility index (Phi) is 4.55. The second kappa shape index (κ2) is 6.72. The van der Waals surface area contributed by atoms with Gasteiger partial charge in [-0.2, -0.15) is 0 Å². The summed E-state index contributed by atoms with van der Waals surface area (Å²) in [5, 5.41) is 0. The van der Waals surface area contributed by atoms with E-state index in [-0.39, 0.29) is 11.3 Å². The Labute approximate surface area is 155 Å². The molecule has 1 unspecified atom stereocenters. The molecule has 1 aliphatic carbocycles. The fourth-order valence-corrected chi connectivity index (χ4v) is 4.43. The Hall–Kier alpha value is -1.82. The summed E-state index contributed by atoms with van der Waals surface area (Å²) in [6, 6.07) is 3.62. The van der Waals surface area contributed by atoms with Crippen molar-refractivity contribution in [3.63, 3.8) is 0 Å². The molecule has 4 rings (SSSR count). The van der Waals surface area contributed by atoms with Crippen LogP contribution in [0.25, 0.3) is 0 Å². The molecule has 1 atom stereocenters. The predicted octanol–water partition coefficient (Wildman–Crippen LogP) is 2.21. The van der Waals surface area contributed by atoms with E-state index in [0.29, 0.717) is 18.2 Å². The largest absolute Gasteiger partial charge is 0.455 e. The molecule has 3 aliphatic rings. The maximum Gasteiger partial charge on any atom is 0.289 e. The smallest absolute Gasteiger partial charge is 0.289 e. The van der Waals surface area contributed by atoms with Gasteiger partial charge in [-0.25, -0.2) is 0 Å². The number of piperidine rings is 1. The molecule has 2 aliphatic heterocycles. The average molecular weight is 359 g/mol. The van der Waals surface area contributed by atoms with Crippen molar-refractivity contribution in [2.24, 2.45) is 11.3 Å². The van der Waals surface area contributed by atoms with Crippen LogP contribution in [0.3, 0.4) is 0 Å². The van der Waals surface area contributed by atoms with Crippen LogP contribution in [0.1, 0.15) is 48.4 Å². The van der Waals surface area contributed by atoms with Gasteiger partial charge in [0.25, 0.3) is 5.91 Å². The second-order valence-corrected chi connectivity index (χ2v) is 8.50. The van der Waals surface area contributed by atoms with E-state index in [1.54, 1.807) is 20.2 Å². The Balaban J connectivity index is 1.38. The van der Waals surface area contributed by atoms with Crippen LogP contribution in [-0.4, -0.2) is 66.8 Å². The number of hydrogen-bond acceptors (Lipinski definition) is 4. The van der Waals surface area contributed by atoms with Crippen LogP contribution in [0.15, 0.2) is 16.5 Å². The molecule has 3 heterocycles. The van der Waals surface area contributed by atoms with E-state index in [1.807, 2.05) is 6.07 Å². The minimum Gasteiger partial charge on any atom is -0.455 e. The summed E-state index contributed by atoms with van der Waals surface area (Å²) in [7, 11) is 3.44. The van der Waals surface area contributed by atoms with Crippen LogP contribution in [0.2, 0.25) is 0 Å². The van der Waals surface area contributed by atoms with Crippen molar-refractivity contribution < 1.29 is 14.0 Å². The van der Waals surface area contributed by atoms with E-state index in [9.17, 15) is 9.59 Å². The van der Waals surface area contributed by atoms with Crippen molar-refractivity contribution in [2.45, 2.75) is 38.6 Å². The van der Waals surface area contributed by atoms with Crippen LogP contribution in [0, 0.1) is 11.3 Å². The van der Waals surface area contributed by atoms with Crippen LogP contribution in [0.5, 0.6) is 0 Å². The Morgan fingerprint density at radius 1 is 1.27 bits per heavy atom. The van der Waals surface area contributed by atoms with Gasteiger partial charge >= 0.3 is 0 Å². The highest BCUT2D eigenvalue weighted by Crippen LogP contribution is 2.42. The first kappa shape index (κ1) is 17.6. The highest BCUT2D eigenvalue weighted by molar-refractivity contribution is 5.91. The zero-order valence-electron chi connectivity index (χ0n) is 15.9. The third kappa shape index (κ3) is 3.39. The zero-order valence-corrected chi connectivity index (χ0v) is 15.9. The molecule has 1 aromatic rings. The lowest BCUT2D eigenvalue weighted by Crippen LogP contribution is -2.50. The molecule has 2 saturated heterocycles. The SMILES string of the molecule is CN(C)C(=O)c1ccc(CN2CCC3(CCCN(CC4CC4)C3=O)C2)o1. The molecule has 6 heteroatoms. The third-order valence-corrected chi connectivity index (χ3v) is 6.09. The van der Waals surface area contributed by atoms with Gasteiger partial charge < -0.3 is 14.2 Å². The molecule has 1 spiro atoms. The van der Waals surface area contributed by atoms with Gasteiger partial charge in [0.2, 0.25) is 5.91 Å². The summed E-state index contributed by atoms with van der Waals surface area (Å²) < 4.78 is 5.73. The molecule has 142 valence electrons. The van der Waals surface area contributed by atoms with E-state index >= 15 is 0 Å². The Bertz CT molecular complexity index is 694. The zero-order chi connectivity index (χ0) is 18.3. The van der Waals surface area contributed by atoms with Crippen LogP contribution in [0.4, 0.5) is 0 Å². The highest BCUT2D eigenvalue weighted by Gasteiger charge is 2.48. The average Bonchev–Trinajstić information content (AvgIpc) is 3.15. The number of hydrogen-bond donors (Lipinski definition) is 0. The fraction of sp³-hybridized carbons (Fsp3) is 0.700. The fourth-order valence-electron chi connectivity index (χ4n) is 4.43. The highest BCUT2D eigenvalue weighted by atomic mass is 16.4. The van der Waals surface area contributed by atoms with Gasteiger partial charge in [-0.1, -0.05) is 0 Å².